The van der Waals surface area contributed by atoms with Crippen LogP contribution in [0, 0.1) is 5.92 Å². The first-order valence-electron chi connectivity index (χ1n) is 6.62. The Labute approximate surface area is 120 Å². The molecule has 0 aliphatic carbocycles. The zero-order valence-corrected chi connectivity index (χ0v) is 13.7. The summed E-state index contributed by atoms with van der Waals surface area (Å²) in [7, 11) is -2.92. The van der Waals surface area contributed by atoms with Crippen molar-refractivity contribution >= 4 is 19.3 Å². The largest absolute Gasteiger partial charge is 0.481 e. The molecule has 0 saturated heterocycles. The van der Waals surface area contributed by atoms with Gasteiger partial charge in [0.15, 0.2) is 0 Å². The molecule has 2 unspecified atom stereocenters. The van der Waals surface area contributed by atoms with E-state index in [1.165, 1.54) is 6.66 Å². The van der Waals surface area contributed by atoms with Gasteiger partial charge in [0.1, 0.15) is 5.60 Å². The molecule has 7 heteroatoms. The van der Waals surface area contributed by atoms with E-state index in [1.807, 2.05) is 0 Å². The lowest BCUT2D eigenvalue weighted by atomic mass is 10.1. The number of carbonyl (C=O) groups excluding carboxylic acids is 1. The van der Waals surface area contributed by atoms with Crippen molar-refractivity contribution in [2.24, 2.45) is 5.92 Å². The van der Waals surface area contributed by atoms with E-state index in [1.54, 1.807) is 27.7 Å². The Morgan fingerprint density at radius 1 is 1.30 bits per heavy atom. The molecule has 0 aliphatic heterocycles. The number of carboxylic acids is 1. The fourth-order valence-electron chi connectivity index (χ4n) is 1.69. The van der Waals surface area contributed by atoms with E-state index in [4.69, 9.17) is 14.4 Å². The summed E-state index contributed by atoms with van der Waals surface area (Å²) in [4.78, 5) is 22.7. The van der Waals surface area contributed by atoms with E-state index in [-0.39, 0.29) is 25.6 Å². The number of rotatable bonds is 8. The van der Waals surface area contributed by atoms with Crippen molar-refractivity contribution in [3.63, 3.8) is 0 Å². The van der Waals surface area contributed by atoms with E-state index in [2.05, 4.69) is 0 Å². The molecule has 0 aromatic carbocycles. The highest BCUT2D eigenvalue weighted by atomic mass is 31.2. The summed E-state index contributed by atoms with van der Waals surface area (Å²) in [6.07, 6.45) is -0.0752. The zero-order chi connectivity index (χ0) is 16.0. The van der Waals surface area contributed by atoms with Gasteiger partial charge in [0.05, 0.1) is 12.5 Å². The zero-order valence-electron chi connectivity index (χ0n) is 12.8. The molecule has 0 aliphatic rings. The first-order valence-corrected chi connectivity index (χ1v) is 8.88. The minimum absolute atomic E-state index is 0.00301. The predicted molar refractivity (Wildman–Crippen MR) is 76.2 cm³/mol. The van der Waals surface area contributed by atoms with Crippen LogP contribution in [0.25, 0.3) is 0 Å². The van der Waals surface area contributed by atoms with Crippen molar-refractivity contribution in [3.8, 4) is 0 Å². The van der Waals surface area contributed by atoms with Crippen molar-refractivity contribution in [3.05, 3.63) is 0 Å². The maximum Gasteiger partial charge on any atom is 0.310 e. The van der Waals surface area contributed by atoms with Crippen LogP contribution < -0.4 is 0 Å². The average Bonchev–Trinajstić information content (AvgIpc) is 2.21. The van der Waals surface area contributed by atoms with Gasteiger partial charge >= 0.3 is 11.9 Å². The van der Waals surface area contributed by atoms with Gasteiger partial charge in [-0.3, -0.25) is 14.2 Å². The Bertz CT molecular complexity index is 385. The predicted octanol–water partition coefficient (Wildman–Crippen LogP) is 2.75. The molecule has 1 N–H and O–H groups in total. The molecule has 0 rings (SSSR count). The normalized spacial score (nSPS) is 16.2. The van der Waals surface area contributed by atoms with Gasteiger partial charge in [0.2, 0.25) is 7.37 Å². The fourth-order valence-corrected chi connectivity index (χ4v) is 3.48. The molecule has 0 aromatic rings. The van der Waals surface area contributed by atoms with Crippen LogP contribution >= 0.6 is 7.37 Å². The van der Waals surface area contributed by atoms with E-state index in [9.17, 15) is 14.2 Å². The topological polar surface area (TPSA) is 89.9 Å². The number of esters is 1. The minimum Gasteiger partial charge on any atom is -0.481 e. The first-order chi connectivity index (χ1) is 8.97. The highest BCUT2D eigenvalue weighted by Gasteiger charge is 2.31. The maximum absolute atomic E-state index is 12.2. The van der Waals surface area contributed by atoms with Gasteiger partial charge in [0.25, 0.3) is 0 Å². The van der Waals surface area contributed by atoms with Gasteiger partial charge in [-0.25, -0.2) is 0 Å². The van der Waals surface area contributed by atoms with Crippen LogP contribution in [0.2, 0.25) is 0 Å². The average molecular weight is 308 g/mol. The van der Waals surface area contributed by atoms with Crippen LogP contribution in [0.1, 0.15) is 40.5 Å². The third-order valence-corrected chi connectivity index (χ3v) is 4.31. The molecule has 0 fully saturated rings. The summed E-state index contributed by atoms with van der Waals surface area (Å²) < 4.78 is 22.6. The molecule has 0 radical (unpaired) electrons. The van der Waals surface area contributed by atoms with Crippen molar-refractivity contribution < 1.29 is 28.5 Å². The Kier molecular flexibility index (Phi) is 7.45. The smallest absolute Gasteiger partial charge is 0.310 e. The van der Waals surface area contributed by atoms with Gasteiger partial charge in [-0.15, -0.1) is 0 Å². The van der Waals surface area contributed by atoms with Crippen LogP contribution in [-0.2, 0) is 23.4 Å². The molecule has 6 nitrogen and oxygen atoms in total. The van der Waals surface area contributed by atoms with E-state index >= 15 is 0 Å². The van der Waals surface area contributed by atoms with Crippen molar-refractivity contribution in [1.82, 2.24) is 0 Å². The molecule has 0 bridgehead atoms. The second-order valence-corrected chi connectivity index (χ2v) is 8.43. The van der Waals surface area contributed by atoms with Crippen molar-refractivity contribution in [1.29, 1.82) is 0 Å². The highest BCUT2D eigenvalue weighted by molar-refractivity contribution is 7.58. The second-order valence-electron chi connectivity index (χ2n) is 5.78. The van der Waals surface area contributed by atoms with Gasteiger partial charge in [-0.05, 0) is 34.1 Å². The number of ether oxygens (including phenoxy) is 1. The quantitative estimate of drug-likeness (QED) is 0.548. The standard InChI is InChI=1S/C13H25O6P/c1-6-18-20(5,17)9-10(7-8-11(14)15)12(16)19-13(2,3)4/h10H,6-9H2,1-5H3,(H,14,15). The lowest BCUT2D eigenvalue weighted by Crippen LogP contribution is -2.31. The Hall–Kier alpha value is -0.870. The van der Waals surface area contributed by atoms with Crippen LogP contribution in [0.15, 0.2) is 0 Å². The first kappa shape index (κ1) is 19.1. The van der Waals surface area contributed by atoms with E-state index in [0.29, 0.717) is 0 Å². The van der Waals surface area contributed by atoms with Crippen LogP contribution in [0.3, 0.4) is 0 Å². The number of hydrogen-bond acceptors (Lipinski definition) is 5. The van der Waals surface area contributed by atoms with Crippen LogP contribution in [-0.4, -0.2) is 42.1 Å². The highest BCUT2D eigenvalue weighted by Crippen LogP contribution is 2.45. The Morgan fingerprint density at radius 2 is 1.85 bits per heavy atom. The van der Waals surface area contributed by atoms with E-state index < -0.39 is 30.8 Å². The van der Waals surface area contributed by atoms with Crippen molar-refractivity contribution in [2.75, 3.05) is 19.4 Å². The molecule has 0 heterocycles. The summed E-state index contributed by atoms with van der Waals surface area (Å²) in [5, 5.41) is 8.73. The number of carboxylic acid groups (broad SMARTS) is 1. The summed E-state index contributed by atoms with van der Waals surface area (Å²) in [6, 6.07) is 0. The SMILES string of the molecule is CCOP(C)(=O)CC(CCC(=O)O)C(=O)OC(C)(C)C. The molecule has 118 valence electrons. The van der Waals surface area contributed by atoms with Gasteiger partial charge in [0, 0.05) is 19.2 Å². The molecule has 20 heavy (non-hydrogen) atoms. The molecule has 2 atom stereocenters. The number of carbonyl (C=O) groups is 2. The molecule has 0 spiro atoms. The third-order valence-electron chi connectivity index (χ3n) is 2.40. The number of aliphatic carboxylic acids is 1. The molecule has 0 saturated carbocycles. The Morgan fingerprint density at radius 3 is 2.25 bits per heavy atom. The summed E-state index contributed by atoms with van der Waals surface area (Å²) in [6.45, 7) is 8.64. The molecular formula is C13H25O6P. The molecule has 0 amide bonds. The van der Waals surface area contributed by atoms with Crippen molar-refractivity contribution in [2.45, 2.75) is 46.1 Å². The van der Waals surface area contributed by atoms with Crippen LogP contribution in [0.5, 0.6) is 0 Å². The van der Waals surface area contributed by atoms with E-state index in [0.717, 1.165) is 0 Å². The lowest BCUT2D eigenvalue weighted by Gasteiger charge is -2.25. The summed E-state index contributed by atoms with van der Waals surface area (Å²) in [5.74, 6) is -2.26. The maximum atomic E-state index is 12.2. The van der Waals surface area contributed by atoms with Crippen LogP contribution in [0.4, 0.5) is 0 Å². The molecular weight excluding hydrogens is 283 g/mol. The number of hydrogen-bond donors (Lipinski definition) is 1. The molecule has 0 aromatic heterocycles. The summed E-state index contributed by atoms with van der Waals surface area (Å²) >= 11 is 0. The van der Waals surface area contributed by atoms with Gasteiger partial charge in [-0.2, -0.15) is 0 Å². The fraction of sp³-hybridized carbons (Fsp3) is 0.846. The van der Waals surface area contributed by atoms with Gasteiger partial charge in [-0.1, -0.05) is 0 Å². The Balaban J connectivity index is 4.84. The third kappa shape index (κ3) is 9.10. The lowest BCUT2D eigenvalue weighted by molar-refractivity contribution is -0.159. The minimum atomic E-state index is -2.92. The van der Waals surface area contributed by atoms with Gasteiger partial charge < -0.3 is 14.4 Å². The second kappa shape index (κ2) is 7.79. The summed E-state index contributed by atoms with van der Waals surface area (Å²) in [5.41, 5.74) is -0.665. The monoisotopic (exact) mass is 308 g/mol.